The van der Waals surface area contributed by atoms with Crippen molar-refractivity contribution in [2.45, 2.75) is 46.6 Å². The molecule has 0 saturated heterocycles. The van der Waals surface area contributed by atoms with Gasteiger partial charge in [-0.3, -0.25) is 4.79 Å². The molecule has 0 atom stereocenters. The van der Waals surface area contributed by atoms with Gasteiger partial charge in [0.25, 0.3) is 5.56 Å². The van der Waals surface area contributed by atoms with Crippen LogP contribution in [-0.2, 0) is 25.8 Å². The number of thiophene rings is 1. The van der Waals surface area contributed by atoms with Crippen LogP contribution in [0.15, 0.2) is 17.2 Å². The summed E-state index contributed by atoms with van der Waals surface area (Å²) in [6.07, 6.45) is 4.13. The molecule has 0 aliphatic rings. The van der Waals surface area contributed by atoms with Crippen LogP contribution in [-0.4, -0.2) is 20.2 Å². The molecule has 3 aromatic rings. The maximum atomic E-state index is 12.2. The predicted molar refractivity (Wildman–Crippen MR) is 97.7 cm³/mol. The standard InChI is InChI=1S/C17H21N5OS/c1-4-10-7-12-15(19-9-20-17(12)24-10)18-8-13-11(5-2)14(6-3)21-22-16(13)23/h7,9H,4-6,8H2,1-3H3,(H,22,23)(H,18,19,20). The summed E-state index contributed by atoms with van der Waals surface area (Å²) in [5, 5.41) is 11.1. The summed E-state index contributed by atoms with van der Waals surface area (Å²) in [6, 6.07) is 2.12. The van der Waals surface area contributed by atoms with E-state index in [0.717, 1.165) is 52.1 Å². The molecule has 0 radical (unpaired) electrons. The number of rotatable bonds is 6. The van der Waals surface area contributed by atoms with Crippen molar-refractivity contribution < 1.29 is 0 Å². The third-order valence-electron chi connectivity index (χ3n) is 4.13. The van der Waals surface area contributed by atoms with E-state index in [4.69, 9.17) is 0 Å². The van der Waals surface area contributed by atoms with Gasteiger partial charge >= 0.3 is 0 Å². The molecule has 0 fully saturated rings. The summed E-state index contributed by atoms with van der Waals surface area (Å²) in [7, 11) is 0. The van der Waals surface area contributed by atoms with Crippen LogP contribution in [0.2, 0.25) is 0 Å². The summed E-state index contributed by atoms with van der Waals surface area (Å²) < 4.78 is 0. The lowest BCUT2D eigenvalue weighted by atomic mass is 10.0. The SMILES string of the molecule is CCc1cc2c(NCc3c(CC)c(CC)n[nH]c3=O)ncnc2s1. The van der Waals surface area contributed by atoms with Crippen LogP contribution in [0.1, 0.15) is 42.5 Å². The molecule has 0 amide bonds. The van der Waals surface area contributed by atoms with Gasteiger partial charge in [-0.25, -0.2) is 15.1 Å². The van der Waals surface area contributed by atoms with E-state index in [1.54, 1.807) is 17.7 Å². The molecular weight excluding hydrogens is 322 g/mol. The smallest absolute Gasteiger partial charge is 0.269 e. The van der Waals surface area contributed by atoms with E-state index in [2.05, 4.69) is 45.4 Å². The number of fused-ring (bicyclic) bond motifs is 1. The van der Waals surface area contributed by atoms with E-state index >= 15 is 0 Å². The first-order valence-electron chi connectivity index (χ1n) is 8.24. The lowest BCUT2D eigenvalue weighted by molar-refractivity contribution is 0.826. The van der Waals surface area contributed by atoms with Crippen molar-refractivity contribution >= 4 is 27.4 Å². The topological polar surface area (TPSA) is 83.6 Å². The molecule has 0 bridgehead atoms. The van der Waals surface area contributed by atoms with Crippen molar-refractivity contribution in [1.29, 1.82) is 0 Å². The van der Waals surface area contributed by atoms with Crippen LogP contribution < -0.4 is 10.9 Å². The minimum atomic E-state index is -0.138. The molecule has 3 rings (SSSR count). The van der Waals surface area contributed by atoms with Crippen molar-refractivity contribution in [3.05, 3.63) is 44.4 Å². The summed E-state index contributed by atoms with van der Waals surface area (Å²) in [5.74, 6) is 0.771. The maximum absolute atomic E-state index is 12.2. The number of hydrogen-bond acceptors (Lipinski definition) is 6. The number of aromatic amines is 1. The zero-order valence-corrected chi connectivity index (χ0v) is 15.0. The van der Waals surface area contributed by atoms with Gasteiger partial charge in [-0.15, -0.1) is 11.3 Å². The summed E-state index contributed by atoms with van der Waals surface area (Å²) in [5.41, 5.74) is 2.58. The van der Waals surface area contributed by atoms with E-state index in [1.165, 1.54) is 4.88 Å². The number of anilines is 1. The molecule has 3 aromatic heterocycles. The molecule has 0 spiro atoms. The van der Waals surface area contributed by atoms with Crippen LogP contribution in [0.5, 0.6) is 0 Å². The fourth-order valence-electron chi connectivity index (χ4n) is 2.85. The van der Waals surface area contributed by atoms with Gasteiger partial charge in [0.1, 0.15) is 17.0 Å². The van der Waals surface area contributed by atoms with E-state index in [1.807, 2.05) is 6.92 Å². The van der Waals surface area contributed by atoms with Crippen molar-refractivity contribution in [2.75, 3.05) is 5.32 Å². The maximum Gasteiger partial charge on any atom is 0.269 e. The summed E-state index contributed by atoms with van der Waals surface area (Å²) >= 11 is 1.68. The molecule has 7 heteroatoms. The Kier molecular flexibility index (Phi) is 4.89. The Morgan fingerprint density at radius 3 is 2.67 bits per heavy atom. The van der Waals surface area contributed by atoms with Crippen LogP contribution >= 0.6 is 11.3 Å². The Morgan fingerprint density at radius 1 is 1.12 bits per heavy atom. The molecule has 0 aliphatic carbocycles. The Balaban J connectivity index is 1.94. The summed E-state index contributed by atoms with van der Waals surface area (Å²) in [4.78, 5) is 23.1. The van der Waals surface area contributed by atoms with Gasteiger partial charge in [0.05, 0.1) is 11.1 Å². The molecule has 0 aliphatic heterocycles. The quantitative estimate of drug-likeness (QED) is 0.718. The Bertz CT molecular complexity index is 915. The number of nitrogens with zero attached hydrogens (tertiary/aromatic N) is 3. The highest BCUT2D eigenvalue weighted by Crippen LogP contribution is 2.28. The highest BCUT2D eigenvalue weighted by Gasteiger charge is 2.13. The first-order chi connectivity index (χ1) is 11.7. The fourth-order valence-corrected chi connectivity index (χ4v) is 3.79. The third kappa shape index (κ3) is 3.03. The molecule has 24 heavy (non-hydrogen) atoms. The van der Waals surface area contributed by atoms with Crippen molar-refractivity contribution in [2.24, 2.45) is 0 Å². The van der Waals surface area contributed by atoms with Gasteiger partial charge in [-0.05, 0) is 30.9 Å². The Morgan fingerprint density at radius 2 is 1.96 bits per heavy atom. The molecule has 2 N–H and O–H groups in total. The largest absolute Gasteiger partial charge is 0.365 e. The second-order valence-electron chi connectivity index (χ2n) is 5.52. The van der Waals surface area contributed by atoms with Crippen LogP contribution in [0, 0.1) is 0 Å². The van der Waals surface area contributed by atoms with Crippen molar-refractivity contribution in [3.63, 3.8) is 0 Å². The number of hydrogen-bond donors (Lipinski definition) is 2. The lowest BCUT2D eigenvalue weighted by Gasteiger charge is -2.12. The van der Waals surface area contributed by atoms with Gasteiger partial charge in [0.2, 0.25) is 0 Å². The normalized spacial score (nSPS) is 11.1. The molecule has 3 heterocycles. The number of aromatic nitrogens is 4. The molecule has 126 valence electrons. The van der Waals surface area contributed by atoms with E-state index in [-0.39, 0.29) is 5.56 Å². The van der Waals surface area contributed by atoms with Crippen molar-refractivity contribution in [3.8, 4) is 0 Å². The van der Waals surface area contributed by atoms with E-state index < -0.39 is 0 Å². The third-order valence-corrected chi connectivity index (χ3v) is 5.32. The Labute approximate surface area is 144 Å². The zero-order chi connectivity index (χ0) is 17.1. The number of aryl methyl sites for hydroxylation is 2. The highest BCUT2D eigenvalue weighted by molar-refractivity contribution is 7.18. The monoisotopic (exact) mass is 343 g/mol. The summed E-state index contributed by atoms with van der Waals surface area (Å²) in [6.45, 7) is 6.65. The number of H-pyrrole nitrogens is 1. The minimum Gasteiger partial charge on any atom is -0.365 e. The van der Waals surface area contributed by atoms with Gasteiger partial charge in [0.15, 0.2) is 0 Å². The molecular formula is C17H21N5OS. The average Bonchev–Trinajstić information content (AvgIpc) is 3.04. The fraction of sp³-hybridized carbons (Fsp3) is 0.412. The first-order valence-corrected chi connectivity index (χ1v) is 9.06. The number of nitrogens with one attached hydrogen (secondary N) is 2. The average molecular weight is 343 g/mol. The van der Waals surface area contributed by atoms with Gasteiger partial charge < -0.3 is 5.32 Å². The zero-order valence-electron chi connectivity index (χ0n) is 14.1. The molecule has 0 unspecified atom stereocenters. The van der Waals surface area contributed by atoms with Gasteiger partial charge in [-0.2, -0.15) is 5.10 Å². The van der Waals surface area contributed by atoms with Crippen molar-refractivity contribution in [1.82, 2.24) is 20.2 Å². The van der Waals surface area contributed by atoms with Crippen LogP contribution in [0.4, 0.5) is 5.82 Å². The lowest BCUT2D eigenvalue weighted by Crippen LogP contribution is -2.22. The van der Waals surface area contributed by atoms with Gasteiger partial charge in [0, 0.05) is 17.0 Å². The van der Waals surface area contributed by atoms with Crippen LogP contribution in [0.3, 0.4) is 0 Å². The molecule has 0 aromatic carbocycles. The first kappa shape index (κ1) is 16.6. The second kappa shape index (κ2) is 7.09. The van der Waals surface area contributed by atoms with E-state index in [0.29, 0.717) is 6.54 Å². The van der Waals surface area contributed by atoms with Gasteiger partial charge in [-0.1, -0.05) is 20.8 Å². The second-order valence-corrected chi connectivity index (χ2v) is 6.64. The predicted octanol–water partition coefficient (Wildman–Crippen LogP) is 3.07. The molecule has 6 nitrogen and oxygen atoms in total. The Hall–Kier alpha value is -2.28. The molecule has 0 saturated carbocycles. The van der Waals surface area contributed by atoms with E-state index in [9.17, 15) is 4.79 Å². The minimum absolute atomic E-state index is 0.138. The highest BCUT2D eigenvalue weighted by atomic mass is 32.1. The van der Waals surface area contributed by atoms with Crippen LogP contribution in [0.25, 0.3) is 10.2 Å².